The third-order valence-electron chi connectivity index (χ3n) is 1.80. The highest BCUT2D eigenvalue weighted by atomic mass is 79.9. The van der Waals surface area contributed by atoms with Crippen LogP contribution in [0.15, 0.2) is 24.7 Å². The van der Waals surface area contributed by atoms with Gasteiger partial charge in [-0.3, -0.25) is 0 Å². The van der Waals surface area contributed by atoms with Gasteiger partial charge < -0.3 is 4.52 Å². The summed E-state index contributed by atoms with van der Waals surface area (Å²) in [7, 11) is -3.51. The number of rotatable bonds is 4. The Labute approximate surface area is 110 Å². The quantitative estimate of drug-likeness (QED) is 0.917. The van der Waals surface area contributed by atoms with Crippen LogP contribution in [0.25, 0.3) is 0 Å². The molecule has 1 N–H and O–H groups in total. The molecule has 0 aliphatic rings. The summed E-state index contributed by atoms with van der Waals surface area (Å²) in [5, 5.41) is 3.60. The summed E-state index contributed by atoms with van der Waals surface area (Å²) in [6.45, 7) is 1.65. The lowest BCUT2D eigenvalue weighted by atomic mass is 10.6. The van der Waals surface area contributed by atoms with Gasteiger partial charge in [-0.1, -0.05) is 5.16 Å². The maximum absolute atomic E-state index is 11.8. The molecule has 0 unspecified atom stereocenters. The maximum Gasteiger partial charge on any atom is 0.250 e. The molecule has 0 fully saturated rings. The lowest BCUT2D eigenvalue weighted by Crippen LogP contribution is -2.22. The number of nitrogens with one attached hydrogen (secondary N) is 1. The van der Waals surface area contributed by atoms with E-state index in [4.69, 9.17) is 4.52 Å². The Kier molecular flexibility index (Phi) is 3.61. The highest BCUT2D eigenvalue weighted by Crippen LogP contribution is 2.25. The van der Waals surface area contributed by atoms with Gasteiger partial charge >= 0.3 is 0 Å². The zero-order chi connectivity index (χ0) is 12.5. The Balaban J connectivity index is 2.08. The number of nitrogens with zero attached hydrogens (tertiary/aromatic N) is 2. The monoisotopic (exact) mass is 337 g/mol. The van der Waals surface area contributed by atoms with Gasteiger partial charge in [0.1, 0.15) is 4.21 Å². The van der Waals surface area contributed by atoms with Gasteiger partial charge in [-0.2, -0.15) is 4.98 Å². The van der Waals surface area contributed by atoms with E-state index in [2.05, 4.69) is 30.8 Å². The van der Waals surface area contributed by atoms with Crippen molar-refractivity contribution in [3.8, 4) is 0 Å². The smallest absolute Gasteiger partial charge is 0.250 e. The summed E-state index contributed by atoms with van der Waals surface area (Å²) < 4.78 is 31.8. The first-order valence-electron chi connectivity index (χ1n) is 4.51. The van der Waals surface area contributed by atoms with E-state index in [0.29, 0.717) is 11.7 Å². The van der Waals surface area contributed by atoms with Gasteiger partial charge in [0.25, 0.3) is 0 Å². The van der Waals surface area contributed by atoms with Crippen molar-refractivity contribution in [2.45, 2.75) is 17.7 Å². The fourth-order valence-corrected chi connectivity index (χ4v) is 4.12. The Morgan fingerprint density at radius 3 is 2.82 bits per heavy atom. The molecule has 2 aromatic heterocycles. The molecule has 0 saturated heterocycles. The van der Waals surface area contributed by atoms with Gasteiger partial charge in [-0.15, -0.1) is 11.3 Å². The molecule has 6 nitrogen and oxygen atoms in total. The fourth-order valence-electron chi connectivity index (χ4n) is 1.09. The Morgan fingerprint density at radius 2 is 2.29 bits per heavy atom. The standard InChI is InChI=1S/C8H8BrN3O3S2/c1-5-11-7(12-15-5)4-10-17(13,14)8-3-2-6(9)16-8/h2-3,10H,4H2,1H3. The number of hydrogen-bond acceptors (Lipinski definition) is 6. The van der Waals surface area contributed by atoms with Crippen LogP contribution >= 0.6 is 27.3 Å². The molecule has 17 heavy (non-hydrogen) atoms. The molecular formula is C8H8BrN3O3S2. The predicted octanol–water partition coefficient (Wildman–Crippen LogP) is 1.68. The molecule has 2 heterocycles. The number of sulfonamides is 1. The minimum absolute atomic E-state index is 0.00912. The van der Waals surface area contributed by atoms with Crippen LogP contribution < -0.4 is 4.72 Å². The van der Waals surface area contributed by atoms with Crippen molar-refractivity contribution < 1.29 is 12.9 Å². The molecule has 0 saturated carbocycles. The van der Waals surface area contributed by atoms with E-state index in [1.165, 1.54) is 6.07 Å². The third-order valence-corrected chi connectivity index (χ3v) is 5.32. The summed E-state index contributed by atoms with van der Waals surface area (Å²) in [6, 6.07) is 3.20. The first-order valence-corrected chi connectivity index (χ1v) is 7.61. The second kappa shape index (κ2) is 4.84. The number of halogens is 1. The highest BCUT2D eigenvalue weighted by Gasteiger charge is 2.17. The Morgan fingerprint density at radius 1 is 1.53 bits per heavy atom. The SMILES string of the molecule is Cc1nc(CNS(=O)(=O)c2ccc(Br)s2)no1. The molecule has 0 aromatic carbocycles. The summed E-state index contributed by atoms with van der Waals surface area (Å²) in [4.78, 5) is 3.90. The second-order valence-electron chi connectivity index (χ2n) is 3.11. The third kappa shape index (κ3) is 3.12. The first kappa shape index (κ1) is 12.7. The van der Waals surface area contributed by atoms with E-state index < -0.39 is 10.0 Å². The van der Waals surface area contributed by atoms with Gasteiger partial charge in [0.05, 0.1) is 10.3 Å². The van der Waals surface area contributed by atoms with Crippen molar-refractivity contribution in [1.29, 1.82) is 0 Å². The average Bonchev–Trinajstić information content (AvgIpc) is 2.85. The van der Waals surface area contributed by atoms with E-state index in [1.54, 1.807) is 13.0 Å². The van der Waals surface area contributed by atoms with E-state index >= 15 is 0 Å². The van der Waals surface area contributed by atoms with Crippen molar-refractivity contribution in [2.24, 2.45) is 0 Å². The largest absolute Gasteiger partial charge is 0.340 e. The molecule has 0 aliphatic carbocycles. The van der Waals surface area contributed by atoms with E-state index in [0.717, 1.165) is 15.1 Å². The summed E-state index contributed by atoms with van der Waals surface area (Å²) in [6.07, 6.45) is 0. The second-order valence-corrected chi connectivity index (χ2v) is 7.57. The summed E-state index contributed by atoms with van der Waals surface area (Å²) >= 11 is 4.35. The van der Waals surface area contributed by atoms with Gasteiger partial charge in [-0.05, 0) is 28.1 Å². The lowest BCUT2D eigenvalue weighted by Gasteiger charge is -2.00. The molecule has 0 atom stereocenters. The molecule has 92 valence electrons. The van der Waals surface area contributed by atoms with Crippen LogP contribution in [0.2, 0.25) is 0 Å². The lowest BCUT2D eigenvalue weighted by molar-refractivity contribution is 0.387. The minimum Gasteiger partial charge on any atom is -0.340 e. The highest BCUT2D eigenvalue weighted by molar-refractivity contribution is 9.11. The van der Waals surface area contributed by atoms with Crippen LogP contribution in [0, 0.1) is 6.92 Å². The number of aryl methyl sites for hydroxylation is 1. The van der Waals surface area contributed by atoms with E-state index in [9.17, 15) is 8.42 Å². The van der Waals surface area contributed by atoms with Crippen molar-refractivity contribution in [2.75, 3.05) is 0 Å². The topological polar surface area (TPSA) is 85.1 Å². The van der Waals surface area contributed by atoms with Gasteiger partial charge in [0.15, 0.2) is 5.82 Å². The average molecular weight is 338 g/mol. The van der Waals surface area contributed by atoms with Gasteiger partial charge in [-0.25, -0.2) is 13.1 Å². The first-order chi connectivity index (χ1) is 7.97. The van der Waals surface area contributed by atoms with E-state index in [1.807, 2.05) is 0 Å². The van der Waals surface area contributed by atoms with Crippen molar-refractivity contribution in [1.82, 2.24) is 14.9 Å². The Bertz CT molecular complexity index is 620. The molecule has 0 aliphatic heterocycles. The number of hydrogen-bond donors (Lipinski definition) is 1. The predicted molar refractivity (Wildman–Crippen MR) is 65.1 cm³/mol. The van der Waals surface area contributed by atoms with Crippen LogP contribution in [0.3, 0.4) is 0 Å². The molecule has 0 spiro atoms. The van der Waals surface area contributed by atoms with Gasteiger partial charge in [0.2, 0.25) is 15.9 Å². The molecule has 0 bridgehead atoms. The van der Waals surface area contributed by atoms with Crippen LogP contribution in [-0.2, 0) is 16.6 Å². The van der Waals surface area contributed by atoms with Gasteiger partial charge in [0, 0.05) is 6.92 Å². The van der Waals surface area contributed by atoms with Crippen molar-refractivity contribution in [3.05, 3.63) is 27.6 Å². The normalized spacial score (nSPS) is 11.9. The molecule has 2 aromatic rings. The molecular weight excluding hydrogens is 330 g/mol. The maximum atomic E-state index is 11.8. The van der Waals surface area contributed by atoms with Crippen molar-refractivity contribution in [3.63, 3.8) is 0 Å². The van der Waals surface area contributed by atoms with Crippen molar-refractivity contribution >= 4 is 37.3 Å². The summed E-state index contributed by atoms with van der Waals surface area (Å²) in [5.74, 6) is 0.708. The fraction of sp³-hybridized carbons (Fsp3) is 0.250. The molecule has 0 radical (unpaired) electrons. The Hall–Kier alpha value is -0.770. The molecule has 0 amide bonds. The molecule has 2 rings (SSSR count). The molecule has 9 heteroatoms. The van der Waals surface area contributed by atoms with Crippen LogP contribution in [0.5, 0.6) is 0 Å². The minimum atomic E-state index is -3.51. The zero-order valence-corrected chi connectivity index (χ0v) is 11.9. The summed E-state index contributed by atoms with van der Waals surface area (Å²) in [5.41, 5.74) is 0. The van der Waals surface area contributed by atoms with Crippen LogP contribution in [0.4, 0.5) is 0 Å². The zero-order valence-electron chi connectivity index (χ0n) is 8.68. The van der Waals surface area contributed by atoms with E-state index in [-0.39, 0.29) is 10.8 Å². The van der Waals surface area contributed by atoms with Crippen LogP contribution in [0.1, 0.15) is 11.7 Å². The number of thiophene rings is 1. The van der Waals surface area contributed by atoms with Crippen LogP contribution in [-0.4, -0.2) is 18.6 Å². The number of aromatic nitrogens is 2.